The largest absolute Gasteiger partial charge is 0.172 e. The maximum Gasteiger partial charge on any atom is 0.114 e. The van der Waals surface area contributed by atoms with E-state index in [-0.39, 0.29) is 0 Å². The number of aromatic nitrogens is 2. The van der Waals surface area contributed by atoms with Crippen LogP contribution in [0, 0.1) is 13.8 Å². The van der Waals surface area contributed by atoms with Crippen LogP contribution >= 0.6 is 34.4 Å². The molecule has 0 saturated heterocycles. The maximum absolute atomic E-state index is 4.82. The lowest BCUT2D eigenvalue weighted by Gasteiger charge is -2.21. The number of benzene rings is 1. The summed E-state index contributed by atoms with van der Waals surface area (Å²) >= 11 is 5.32. The summed E-state index contributed by atoms with van der Waals surface area (Å²) in [5.74, 6) is 0.551. The van der Waals surface area contributed by atoms with Crippen LogP contribution in [0.5, 0.6) is 0 Å². The van der Waals surface area contributed by atoms with E-state index in [1.807, 2.05) is 22.7 Å². The van der Waals surface area contributed by atoms with E-state index in [4.69, 9.17) is 8.75 Å². The van der Waals surface area contributed by atoms with Gasteiger partial charge in [-0.1, -0.05) is 46.8 Å². The number of fused-ring (bicyclic) bond motifs is 2. The molecule has 1 unspecified atom stereocenters. The molecule has 3 aromatic heterocycles. The van der Waals surface area contributed by atoms with Crippen molar-refractivity contribution in [1.29, 1.82) is 0 Å². The molecule has 1 atom stereocenters. The summed E-state index contributed by atoms with van der Waals surface area (Å²) in [6.07, 6.45) is 4.79. The van der Waals surface area contributed by atoms with Gasteiger partial charge in [-0.05, 0) is 67.7 Å². The fourth-order valence-corrected chi connectivity index (χ4v) is 9.04. The van der Waals surface area contributed by atoms with Gasteiger partial charge in [0.1, 0.15) is 11.0 Å². The Morgan fingerprint density at radius 3 is 2.12 bits per heavy atom. The molecule has 3 heterocycles. The van der Waals surface area contributed by atoms with Crippen molar-refractivity contribution in [3.8, 4) is 20.9 Å². The van der Waals surface area contributed by atoms with E-state index in [0.717, 1.165) is 17.5 Å². The highest BCUT2D eigenvalue weighted by molar-refractivity contribution is 7.16. The third-order valence-corrected chi connectivity index (χ3v) is 11.5. The lowest BCUT2D eigenvalue weighted by atomic mass is 9.87. The average Bonchev–Trinajstić information content (AvgIpc) is 3.53. The summed E-state index contributed by atoms with van der Waals surface area (Å²) in [4.78, 5) is 5.90. The smallest absolute Gasteiger partial charge is 0.114 e. The van der Waals surface area contributed by atoms with Crippen molar-refractivity contribution in [3.05, 3.63) is 44.1 Å². The third-order valence-electron chi connectivity index (χ3n) is 7.61. The second kappa shape index (κ2) is 8.03. The third kappa shape index (κ3) is 3.15. The molecule has 4 aromatic rings. The SMILES string of the molecule is CCc1c(C(C)C)sc(-c2ccc(-c3sc4c(c3C)CCC4(C)CC)c3nsnc23)c1C. The number of nitrogens with zero attached hydrogens (tertiary/aromatic N) is 2. The van der Waals surface area contributed by atoms with Crippen LogP contribution in [-0.2, 0) is 18.3 Å². The molecule has 1 aromatic carbocycles. The van der Waals surface area contributed by atoms with Crippen LogP contribution < -0.4 is 0 Å². The van der Waals surface area contributed by atoms with E-state index in [1.165, 1.54) is 73.4 Å². The summed E-state index contributed by atoms with van der Waals surface area (Å²) < 4.78 is 9.63. The van der Waals surface area contributed by atoms with Gasteiger partial charge in [0.2, 0.25) is 0 Å². The van der Waals surface area contributed by atoms with Crippen LogP contribution in [-0.4, -0.2) is 8.75 Å². The molecule has 0 spiro atoms. The second-order valence-corrected chi connectivity index (χ2v) is 12.4. The molecule has 0 fully saturated rings. The molecule has 1 aliphatic rings. The Hall–Kier alpha value is -1.56. The summed E-state index contributed by atoms with van der Waals surface area (Å²) in [7, 11) is 0. The van der Waals surface area contributed by atoms with Crippen molar-refractivity contribution >= 4 is 45.4 Å². The highest BCUT2D eigenvalue weighted by atomic mass is 32.1. The zero-order valence-corrected chi connectivity index (χ0v) is 22.6. The van der Waals surface area contributed by atoms with Crippen molar-refractivity contribution in [3.63, 3.8) is 0 Å². The molecule has 0 radical (unpaired) electrons. The van der Waals surface area contributed by atoms with E-state index in [0.29, 0.717) is 11.3 Å². The van der Waals surface area contributed by atoms with E-state index < -0.39 is 0 Å². The predicted octanol–water partition coefficient (Wildman–Crippen LogP) is 9.06. The molecule has 5 rings (SSSR count). The highest BCUT2D eigenvalue weighted by Gasteiger charge is 2.37. The molecular formula is C27H32N2S3. The van der Waals surface area contributed by atoms with Crippen molar-refractivity contribution in [2.75, 3.05) is 0 Å². The monoisotopic (exact) mass is 480 g/mol. The zero-order chi connectivity index (χ0) is 22.8. The van der Waals surface area contributed by atoms with Gasteiger partial charge in [-0.2, -0.15) is 8.75 Å². The van der Waals surface area contributed by atoms with Gasteiger partial charge in [0.15, 0.2) is 0 Å². The average molecular weight is 481 g/mol. The van der Waals surface area contributed by atoms with Gasteiger partial charge in [0.25, 0.3) is 0 Å². The molecule has 0 saturated carbocycles. The van der Waals surface area contributed by atoms with E-state index >= 15 is 0 Å². The quantitative estimate of drug-likeness (QED) is 0.285. The standard InChI is InChI=1S/C27H32N2S3/c1-8-17-15(5)24(30-23(17)14(3)4)19-10-11-20(22-21(19)28-32-29-22)25-16(6)18-12-13-27(7,9-2)26(18)31-25/h10-11,14H,8-9,12-13H2,1-7H3. The minimum atomic E-state index is 0.334. The Morgan fingerprint density at radius 1 is 0.969 bits per heavy atom. The minimum absolute atomic E-state index is 0.334. The van der Waals surface area contributed by atoms with Crippen LogP contribution in [0.4, 0.5) is 0 Å². The van der Waals surface area contributed by atoms with Crippen LogP contribution in [0.2, 0.25) is 0 Å². The van der Waals surface area contributed by atoms with E-state index in [1.54, 1.807) is 10.4 Å². The molecule has 0 amide bonds. The Kier molecular flexibility index (Phi) is 5.58. The molecule has 2 nitrogen and oxygen atoms in total. The minimum Gasteiger partial charge on any atom is -0.172 e. The van der Waals surface area contributed by atoms with Gasteiger partial charge in [-0.25, -0.2) is 0 Å². The molecule has 168 valence electrons. The first-order chi connectivity index (χ1) is 15.3. The molecule has 32 heavy (non-hydrogen) atoms. The van der Waals surface area contributed by atoms with Crippen molar-refractivity contribution in [2.24, 2.45) is 0 Å². The fraction of sp³-hybridized carbons (Fsp3) is 0.481. The lowest BCUT2D eigenvalue weighted by Crippen LogP contribution is -2.14. The number of hydrogen-bond donors (Lipinski definition) is 0. The first kappa shape index (κ1) is 22.2. The first-order valence-corrected chi connectivity index (χ1v) is 14.2. The zero-order valence-electron chi connectivity index (χ0n) is 20.2. The Bertz CT molecular complexity index is 1320. The Morgan fingerprint density at radius 2 is 1.59 bits per heavy atom. The summed E-state index contributed by atoms with van der Waals surface area (Å²) in [6, 6.07) is 4.63. The first-order valence-electron chi connectivity index (χ1n) is 11.8. The molecule has 1 aliphatic carbocycles. The van der Waals surface area contributed by atoms with Crippen molar-refractivity contribution in [2.45, 2.75) is 85.5 Å². The highest BCUT2D eigenvalue weighted by Crippen LogP contribution is 2.52. The molecular weight excluding hydrogens is 449 g/mol. The summed E-state index contributed by atoms with van der Waals surface area (Å²) in [5.41, 5.74) is 11.0. The Balaban J connectivity index is 1.69. The van der Waals surface area contributed by atoms with Crippen LogP contribution in [0.1, 0.15) is 85.4 Å². The molecule has 0 N–H and O–H groups in total. The van der Waals surface area contributed by atoms with Gasteiger partial charge in [0, 0.05) is 36.1 Å². The summed E-state index contributed by atoms with van der Waals surface area (Å²) in [6.45, 7) is 16.3. The van der Waals surface area contributed by atoms with Crippen molar-refractivity contribution < 1.29 is 0 Å². The molecule has 0 bridgehead atoms. The van der Waals surface area contributed by atoms with Gasteiger partial charge in [-0.3, -0.25) is 0 Å². The van der Waals surface area contributed by atoms with Gasteiger partial charge < -0.3 is 0 Å². The summed E-state index contributed by atoms with van der Waals surface area (Å²) in [5, 5.41) is 0. The number of hydrogen-bond acceptors (Lipinski definition) is 5. The number of rotatable bonds is 5. The molecule has 0 aliphatic heterocycles. The topological polar surface area (TPSA) is 25.8 Å². The second-order valence-electron chi connectivity index (χ2n) is 9.81. The number of thiophene rings is 2. The Labute approximate surface area is 204 Å². The molecule has 5 heteroatoms. The maximum atomic E-state index is 4.82. The fourth-order valence-electron chi connectivity index (χ4n) is 5.41. The van der Waals surface area contributed by atoms with Gasteiger partial charge in [0.05, 0.1) is 11.7 Å². The van der Waals surface area contributed by atoms with Gasteiger partial charge >= 0.3 is 0 Å². The van der Waals surface area contributed by atoms with Crippen LogP contribution in [0.15, 0.2) is 12.1 Å². The lowest BCUT2D eigenvalue weighted by molar-refractivity contribution is 0.460. The normalized spacial score (nSPS) is 18.2. The van der Waals surface area contributed by atoms with Crippen LogP contribution in [0.3, 0.4) is 0 Å². The van der Waals surface area contributed by atoms with Crippen molar-refractivity contribution in [1.82, 2.24) is 8.75 Å². The van der Waals surface area contributed by atoms with Crippen LogP contribution in [0.25, 0.3) is 31.9 Å². The van der Waals surface area contributed by atoms with E-state index in [2.05, 4.69) is 60.6 Å². The van der Waals surface area contributed by atoms with Gasteiger partial charge in [-0.15, -0.1) is 22.7 Å². The van der Waals surface area contributed by atoms with E-state index in [9.17, 15) is 0 Å². The predicted molar refractivity (Wildman–Crippen MR) is 143 cm³/mol.